The van der Waals surface area contributed by atoms with Gasteiger partial charge in [0.05, 0.1) is 5.92 Å². The molecule has 3 amide bonds. The van der Waals surface area contributed by atoms with Crippen LogP contribution in [0, 0.1) is 23.6 Å². The lowest BCUT2D eigenvalue weighted by Crippen LogP contribution is -2.51. The molecule has 3 rings (SSSR count). The van der Waals surface area contributed by atoms with E-state index in [1.807, 2.05) is 51.1 Å². The van der Waals surface area contributed by atoms with Crippen LogP contribution in [0.3, 0.4) is 0 Å². The minimum atomic E-state index is -0.675. The summed E-state index contributed by atoms with van der Waals surface area (Å²) in [6.07, 6.45) is 3.77. The summed E-state index contributed by atoms with van der Waals surface area (Å²) in [7, 11) is 0. The Morgan fingerprint density at radius 2 is 1.76 bits per heavy atom. The molecule has 0 unspecified atom stereocenters. The molecule has 0 spiro atoms. The van der Waals surface area contributed by atoms with E-state index >= 15 is 0 Å². The quantitative estimate of drug-likeness (QED) is 0.282. The van der Waals surface area contributed by atoms with E-state index in [1.165, 1.54) is 12.1 Å². The summed E-state index contributed by atoms with van der Waals surface area (Å²) >= 11 is 0. The Morgan fingerprint density at radius 1 is 1.05 bits per heavy atom. The fraction of sp³-hybridized carbons (Fsp3) is 0.500. The fourth-order valence-corrected chi connectivity index (χ4v) is 5.28. The molecule has 38 heavy (non-hydrogen) atoms. The Morgan fingerprint density at radius 3 is 2.42 bits per heavy atom. The van der Waals surface area contributed by atoms with Crippen molar-refractivity contribution in [2.75, 3.05) is 6.54 Å². The summed E-state index contributed by atoms with van der Waals surface area (Å²) in [6.45, 7) is 6.86. The first kappa shape index (κ1) is 29.3. The van der Waals surface area contributed by atoms with Gasteiger partial charge in [0.1, 0.15) is 11.9 Å². The highest BCUT2D eigenvalue weighted by Gasteiger charge is 2.36. The third-order valence-electron chi connectivity index (χ3n) is 7.15. The predicted octanol–water partition coefficient (Wildman–Crippen LogP) is 5.07. The second-order valence-electron chi connectivity index (χ2n) is 10.6. The molecule has 2 aromatic rings. The Balaban J connectivity index is 1.76. The van der Waals surface area contributed by atoms with Crippen LogP contribution in [0.2, 0.25) is 0 Å². The Kier molecular flexibility index (Phi) is 10.8. The highest BCUT2D eigenvalue weighted by Crippen LogP contribution is 2.27. The van der Waals surface area contributed by atoms with E-state index in [2.05, 4.69) is 5.32 Å². The topological polar surface area (TPSA) is 98.7 Å². The molecule has 1 aliphatic rings. The van der Waals surface area contributed by atoms with Gasteiger partial charge in [-0.05, 0) is 72.9 Å². The van der Waals surface area contributed by atoms with Gasteiger partial charge in [-0.2, -0.15) is 0 Å². The number of hydroxylamine groups is 1. The van der Waals surface area contributed by atoms with Crippen LogP contribution < -0.4 is 10.8 Å². The van der Waals surface area contributed by atoms with Crippen LogP contribution in [-0.2, 0) is 20.9 Å². The van der Waals surface area contributed by atoms with Crippen molar-refractivity contribution in [3.8, 4) is 11.1 Å². The lowest BCUT2D eigenvalue weighted by atomic mass is 9.81. The highest BCUT2D eigenvalue weighted by molar-refractivity contribution is 5.91. The Labute approximate surface area is 224 Å². The molecule has 0 bridgehead atoms. The molecule has 8 heteroatoms. The van der Waals surface area contributed by atoms with Crippen molar-refractivity contribution >= 4 is 17.7 Å². The smallest absolute Gasteiger partial charge is 0.247 e. The summed E-state index contributed by atoms with van der Waals surface area (Å²) in [5.74, 6) is -2.50. The van der Waals surface area contributed by atoms with Crippen LogP contribution in [0.5, 0.6) is 0 Å². The lowest BCUT2D eigenvalue weighted by molar-refractivity contribution is -0.143. The van der Waals surface area contributed by atoms with Gasteiger partial charge in [-0.1, -0.05) is 57.5 Å². The third kappa shape index (κ3) is 7.87. The maximum atomic E-state index is 13.7. The molecule has 0 aliphatic carbocycles. The molecule has 0 saturated carbocycles. The molecule has 2 aromatic carbocycles. The number of hydrogen-bond acceptors (Lipinski definition) is 4. The van der Waals surface area contributed by atoms with Crippen LogP contribution in [0.1, 0.15) is 64.9 Å². The zero-order valence-corrected chi connectivity index (χ0v) is 22.6. The molecule has 1 heterocycles. The van der Waals surface area contributed by atoms with Gasteiger partial charge in [-0.25, -0.2) is 9.87 Å². The number of halogens is 1. The molecule has 1 aliphatic heterocycles. The molecular formula is C30H40FN3O4. The minimum absolute atomic E-state index is 0.144. The highest BCUT2D eigenvalue weighted by atomic mass is 19.1. The molecule has 1 fully saturated rings. The van der Waals surface area contributed by atoms with Crippen LogP contribution >= 0.6 is 0 Å². The average Bonchev–Trinajstić information content (AvgIpc) is 3.06. The fourth-order valence-electron chi connectivity index (χ4n) is 5.28. The van der Waals surface area contributed by atoms with Crippen LogP contribution in [-0.4, -0.2) is 40.4 Å². The van der Waals surface area contributed by atoms with Crippen LogP contribution in [0.25, 0.3) is 11.1 Å². The van der Waals surface area contributed by atoms with E-state index in [1.54, 1.807) is 16.4 Å². The zero-order valence-electron chi connectivity index (χ0n) is 22.6. The first-order valence-corrected chi connectivity index (χ1v) is 13.6. The molecule has 206 valence electrons. The molecule has 3 atom stereocenters. The van der Waals surface area contributed by atoms with E-state index in [-0.39, 0.29) is 23.5 Å². The van der Waals surface area contributed by atoms with Crippen molar-refractivity contribution in [3.05, 3.63) is 59.9 Å². The normalized spacial score (nSPS) is 17.6. The van der Waals surface area contributed by atoms with Gasteiger partial charge < -0.3 is 10.2 Å². The minimum Gasteiger partial charge on any atom is -0.344 e. The second kappa shape index (κ2) is 14.0. The van der Waals surface area contributed by atoms with Gasteiger partial charge in [0.15, 0.2) is 0 Å². The van der Waals surface area contributed by atoms with Gasteiger partial charge >= 0.3 is 0 Å². The number of rotatable bonds is 11. The van der Waals surface area contributed by atoms with Gasteiger partial charge in [0, 0.05) is 19.0 Å². The van der Waals surface area contributed by atoms with E-state index in [4.69, 9.17) is 0 Å². The number of nitrogens with zero attached hydrogens (tertiary/aromatic N) is 1. The third-order valence-corrected chi connectivity index (χ3v) is 7.15. The maximum Gasteiger partial charge on any atom is 0.247 e. The van der Waals surface area contributed by atoms with Crippen molar-refractivity contribution in [2.45, 2.75) is 71.9 Å². The number of nitrogens with one attached hydrogen (secondary N) is 2. The van der Waals surface area contributed by atoms with Gasteiger partial charge in [0.2, 0.25) is 17.7 Å². The number of carbonyl (C=O) groups is 3. The molecule has 0 radical (unpaired) electrons. The largest absolute Gasteiger partial charge is 0.344 e. The second-order valence-corrected chi connectivity index (χ2v) is 10.6. The number of benzene rings is 2. The molecule has 7 nitrogen and oxygen atoms in total. The number of hydrogen-bond donors (Lipinski definition) is 3. The van der Waals surface area contributed by atoms with Gasteiger partial charge in [-0.15, -0.1) is 0 Å². The lowest BCUT2D eigenvalue weighted by Gasteiger charge is -2.29. The van der Waals surface area contributed by atoms with Gasteiger partial charge in [0.25, 0.3) is 0 Å². The summed E-state index contributed by atoms with van der Waals surface area (Å²) in [4.78, 5) is 41.2. The number of amides is 3. The van der Waals surface area contributed by atoms with Crippen LogP contribution in [0.4, 0.5) is 4.39 Å². The molecular weight excluding hydrogens is 485 g/mol. The number of carbonyl (C=O) groups excluding carboxylic acids is 3. The Hall–Kier alpha value is -3.26. The van der Waals surface area contributed by atoms with Crippen molar-refractivity contribution in [3.63, 3.8) is 0 Å². The standard InChI is InChI=1S/C30H40FN3O4/c1-4-9-25(29(36)33-38)26(16-20(2)3)28(35)32-27-14-5-6-15-34(30(27)37)19-21-10-7-11-22(17-21)23-12-8-13-24(31)18-23/h7-8,10-13,17-18,20,25-27,38H,4-6,9,14-16,19H2,1-3H3,(H,32,35)(H,33,36)/t25-,26+,27-/m0/s1. The number of likely N-dealkylation sites (tertiary alicyclic amines) is 1. The van der Waals surface area contributed by atoms with E-state index < -0.39 is 23.8 Å². The summed E-state index contributed by atoms with van der Waals surface area (Å²) in [5.41, 5.74) is 4.28. The van der Waals surface area contributed by atoms with Crippen LogP contribution in [0.15, 0.2) is 48.5 Å². The molecule has 3 N–H and O–H groups in total. The predicted molar refractivity (Wildman–Crippen MR) is 144 cm³/mol. The monoisotopic (exact) mass is 525 g/mol. The summed E-state index contributed by atoms with van der Waals surface area (Å²) in [5, 5.41) is 12.2. The maximum absolute atomic E-state index is 13.7. The van der Waals surface area contributed by atoms with E-state index in [9.17, 15) is 24.0 Å². The van der Waals surface area contributed by atoms with Crippen molar-refractivity contribution in [2.24, 2.45) is 17.8 Å². The summed E-state index contributed by atoms with van der Waals surface area (Å²) < 4.78 is 13.7. The SMILES string of the molecule is CCC[C@H](C(=O)NO)[C@@H](CC(C)C)C(=O)N[C@H]1CCCCN(Cc2cccc(-c3cccc(F)c3)c2)C1=O. The van der Waals surface area contributed by atoms with Crippen molar-refractivity contribution in [1.82, 2.24) is 15.7 Å². The van der Waals surface area contributed by atoms with Gasteiger partial charge in [-0.3, -0.25) is 19.6 Å². The van der Waals surface area contributed by atoms with Crippen molar-refractivity contribution < 1.29 is 24.0 Å². The van der Waals surface area contributed by atoms with E-state index in [0.717, 1.165) is 29.5 Å². The summed E-state index contributed by atoms with van der Waals surface area (Å²) in [6, 6.07) is 13.4. The zero-order chi connectivity index (χ0) is 27.7. The molecule has 0 aromatic heterocycles. The molecule has 1 saturated heterocycles. The average molecular weight is 526 g/mol. The van der Waals surface area contributed by atoms with E-state index in [0.29, 0.717) is 38.8 Å². The van der Waals surface area contributed by atoms with Crippen molar-refractivity contribution in [1.29, 1.82) is 0 Å². The first-order valence-electron chi connectivity index (χ1n) is 13.6. The Bertz CT molecular complexity index is 1110. The first-order chi connectivity index (χ1) is 18.2.